The molecule has 1 saturated heterocycles. The standard InChI is InChI=1S/C16H16Cl2N4S/c17-12-1-5-14(6-2-12)19-9-22-11-21(10-20-16(22)23)15-7-3-13(18)4-8-15/h1-8,19H,9-11H2,(H,20,23). The fourth-order valence-corrected chi connectivity index (χ4v) is 2.74. The van der Waals surface area contributed by atoms with Crippen LogP contribution in [-0.2, 0) is 0 Å². The highest BCUT2D eigenvalue weighted by atomic mass is 35.5. The van der Waals surface area contributed by atoms with Gasteiger partial charge in [-0.2, -0.15) is 0 Å². The summed E-state index contributed by atoms with van der Waals surface area (Å²) >= 11 is 17.2. The van der Waals surface area contributed by atoms with Gasteiger partial charge in [0.25, 0.3) is 0 Å². The number of hydrogen-bond donors (Lipinski definition) is 2. The summed E-state index contributed by atoms with van der Waals surface area (Å²) in [7, 11) is 0. The number of benzene rings is 2. The summed E-state index contributed by atoms with van der Waals surface area (Å²) in [6.45, 7) is 1.99. The van der Waals surface area contributed by atoms with Crippen LogP contribution in [0.4, 0.5) is 11.4 Å². The van der Waals surface area contributed by atoms with Gasteiger partial charge in [0.05, 0.1) is 20.0 Å². The summed E-state index contributed by atoms with van der Waals surface area (Å²) in [6.07, 6.45) is 0. The molecule has 1 aliphatic heterocycles. The zero-order valence-electron chi connectivity index (χ0n) is 12.3. The smallest absolute Gasteiger partial charge is 0.173 e. The van der Waals surface area contributed by atoms with Crippen LogP contribution >= 0.6 is 35.4 Å². The Labute approximate surface area is 151 Å². The SMILES string of the molecule is S=C1NCN(c2ccc(Cl)cc2)CN1CNc1ccc(Cl)cc1. The van der Waals surface area contributed by atoms with Crippen molar-refractivity contribution in [2.24, 2.45) is 0 Å². The maximum absolute atomic E-state index is 5.95. The van der Waals surface area contributed by atoms with Gasteiger partial charge in [0.15, 0.2) is 5.11 Å². The number of thiocarbonyl (C=S) groups is 1. The highest BCUT2D eigenvalue weighted by Gasteiger charge is 2.20. The Morgan fingerprint density at radius 1 is 1.00 bits per heavy atom. The van der Waals surface area contributed by atoms with Gasteiger partial charge in [-0.05, 0) is 60.7 Å². The van der Waals surface area contributed by atoms with Crippen molar-refractivity contribution in [1.29, 1.82) is 0 Å². The lowest BCUT2D eigenvalue weighted by atomic mass is 10.3. The Bertz CT molecular complexity index is 675. The zero-order chi connectivity index (χ0) is 16.2. The molecule has 0 bridgehead atoms. The molecule has 0 spiro atoms. The Morgan fingerprint density at radius 3 is 2.26 bits per heavy atom. The van der Waals surface area contributed by atoms with Gasteiger partial charge in [0, 0.05) is 21.4 Å². The van der Waals surface area contributed by atoms with E-state index in [-0.39, 0.29) is 0 Å². The first-order chi connectivity index (χ1) is 11.1. The molecule has 1 fully saturated rings. The zero-order valence-corrected chi connectivity index (χ0v) is 14.6. The molecule has 120 valence electrons. The van der Waals surface area contributed by atoms with Crippen LogP contribution in [0, 0.1) is 0 Å². The third kappa shape index (κ3) is 4.19. The first kappa shape index (κ1) is 16.2. The van der Waals surface area contributed by atoms with Gasteiger partial charge in [-0.1, -0.05) is 23.2 Å². The van der Waals surface area contributed by atoms with E-state index in [0.29, 0.717) is 20.0 Å². The van der Waals surface area contributed by atoms with Crippen LogP contribution in [-0.4, -0.2) is 30.0 Å². The van der Waals surface area contributed by atoms with Crippen molar-refractivity contribution in [3.63, 3.8) is 0 Å². The number of nitrogens with zero attached hydrogens (tertiary/aromatic N) is 2. The number of nitrogens with one attached hydrogen (secondary N) is 2. The second-order valence-corrected chi connectivity index (χ2v) is 6.44. The second-order valence-electron chi connectivity index (χ2n) is 5.18. The molecule has 1 heterocycles. The molecule has 23 heavy (non-hydrogen) atoms. The van der Waals surface area contributed by atoms with Crippen LogP contribution in [0.3, 0.4) is 0 Å². The molecule has 0 atom stereocenters. The van der Waals surface area contributed by atoms with Crippen molar-refractivity contribution in [1.82, 2.24) is 10.2 Å². The molecule has 4 nitrogen and oxygen atoms in total. The van der Waals surface area contributed by atoms with Gasteiger partial charge in [-0.3, -0.25) is 0 Å². The number of anilines is 2. The summed E-state index contributed by atoms with van der Waals surface area (Å²) in [5, 5.41) is 8.76. The highest BCUT2D eigenvalue weighted by Crippen LogP contribution is 2.19. The van der Waals surface area contributed by atoms with Crippen molar-refractivity contribution < 1.29 is 0 Å². The molecule has 7 heteroatoms. The molecular weight excluding hydrogens is 351 g/mol. The van der Waals surface area contributed by atoms with Gasteiger partial charge in [-0.25, -0.2) is 0 Å². The molecule has 3 rings (SSSR count). The average Bonchev–Trinajstić information content (AvgIpc) is 2.56. The van der Waals surface area contributed by atoms with Crippen LogP contribution < -0.4 is 15.5 Å². The van der Waals surface area contributed by atoms with E-state index < -0.39 is 0 Å². The van der Waals surface area contributed by atoms with Crippen molar-refractivity contribution >= 4 is 51.9 Å². The summed E-state index contributed by atoms with van der Waals surface area (Å²) in [5.74, 6) is 0. The maximum atomic E-state index is 5.95. The minimum atomic E-state index is 0.609. The lowest BCUT2D eigenvalue weighted by Crippen LogP contribution is -2.57. The first-order valence-electron chi connectivity index (χ1n) is 7.14. The molecule has 0 aromatic heterocycles. The number of hydrogen-bond acceptors (Lipinski definition) is 3. The fourth-order valence-electron chi connectivity index (χ4n) is 2.30. The van der Waals surface area contributed by atoms with Gasteiger partial charge < -0.3 is 20.4 Å². The minimum Gasteiger partial charge on any atom is -0.368 e. The summed E-state index contributed by atoms with van der Waals surface area (Å²) in [6, 6.07) is 15.4. The molecule has 2 N–H and O–H groups in total. The quantitative estimate of drug-likeness (QED) is 0.799. The van der Waals surface area contributed by atoms with E-state index in [9.17, 15) is 0 Å². The monoisotopic (exact) mass is 366 g/mol. The normalized spacial score (nSPS) is 14.6. The van der Waals surface area contributed by atoms with E-state index in [1.54, 1.807) is 0 Å². The largest absolute Gasteiger partial charge is 0.368 e. The minimum absolute atomic E-state index is 0.609. The molecule has 0 amide bonds. The van der Waals surface area contributed by atoms with E-state index in [4.69, 9.17) is 35.4 Å². The Balaban J connectivity index is 1.62. The van der Waals surface area contributed by atoms with E-state index in [1.165, 1.54) is 0 Å². The van der Waals surface area contributed by atoms with Crippen LogP contribution in [0.1, 0.15) is 0 Å². The van der Waals surface area contributed by atoms with Crippen molar-refractivity contribution in [3.8, 4) is 0 Å². The van der Waals surface area contributed by atoms with Gasteiger partial charge in [0.1, 0.15) is 0 Å². The summed E-state index contributed by atoms with van der Waals surface area (Å²) in [5.41, 5.74) is 2.10. The van der Waals surface area contributed by atoms with Crippen LogP contribution in [0.2, 0.25) is 10.0 Å². The van der Waals surface area contributed by atoms with E-state index >= 15 is 0 Å². The summed E-state index contributed by atoms with van der Waals surface area (Å²) < 4.78 is 0. The van der Waals surface area contributed by atoms with E-state index in [2.05, 4.69) is 20.4 Å². The second kappa shape index (κ2) is 7.25. The molecule has 0 radical (unpaired) electrons. The molecular formula is C16H16Cl2N4S. The Kier molecular flexibility index (Phi) is 5.10. The van der Waals surface area contributed by atoms with Crippen LogP contribution in [0.15, 0.2) is 48.5 Å². The van der Waals surface area contributed by atoms with Crippen LogP contribution in [0.5, 0.6) is 0 Å². The number of halogens is 2. The highest BCUT2D eigenvalue weighted by molar-refractivity contribution is 7.80. The molecule has 2 aromatic rings. The average molecular weight is 367 g/mol. The molecule has 1 aliphatic rings. The van der Waals surface area contributed by atoms with Crippen molar-refractivity contribution in [3.05, 3.63) is 58.6 Å². The maximum Gasteiger partial charge on any atom is 0.173 e. The Hall–Kier alpha value is -1.69. The molecule has 0 unspecified atom stereocenters. The third-order valence-electron chi connectivity index (χ3n) is 3.56. The third-order valence-corrected chi connectivity index (χ3v) is 4.47. The van der Waals surface area contributed by atoms with E-state index in [1.807, 2.05) is 48.5 Å². The van der Waals surface area contributed by atoms with Gasteiger partial charge in [0.2, 0.25) is 0 Å². The van der Waals surface area contributed by atoms with Gasteiger partial charge in [-0.15, -0.1) is 0 Å². The molecule has 2 aromatic carbocycles. The fraction of sp³-hybridized carbons (Fsp3) is 0.188. The Morgan fingerprint density at radius 2 is 1.61 bits per heavy atom. The lowest BCUT2D eigenvalue weighted by Gasteiger charge is -2.39. The molecule has 0 saturated carbocycles. The van der Waals surface area contributed by atoms with Crippen LogP contribution in [0.25, 0.3) is 0 Å². The predicted octanol–water partition coefficient (Wildman–Crippen LogP) is 3.97. The molecule has 0 aliphatic carbocycles. The predicted molar refractivity (Wildman–Crippen MR) is 101 cm³/mol. The number of rotatable bonds is 4. The van der Waals surface area contributed by atoms with Gasteiger partial charge >= 0.3 is 0 Å². The topological polar surface area (TPSA) is 30.5 Å². The summed E-state index contributed by atoms with van der Waals surface area (Å²) in [4.78, 5) is 4.25. The van der Waals surface area contributed by atoms with Crippen molar-refractivity contribution in [2.75, 3.05) is 30.2 Å². The van der Waals surface area contributed by atoms with E-state index in [0.717, 1.165) is 26.5 Å². The first-order valence-corrected chi connectivity index (χ1v) is 8.31. The lowest BCUT2D eigenvalue weighted by molar-refractivity contribution is 0.398. The van der Waals surface area contributed by atoms with Crippen molar-refractivity contribution in [2.45, 2.75) is 0 Å².